The van der Waals surface area contributed by atoms with Gasteiger partial charge in [-0.3, -0.25) is 14.7 Å². The van der Waals surface area contributed by atoms with Gasteiger partial charge in [0.1, 0.15) is 5.69 Å². The number of nitrogens with one attached hydrogen (secondary N) is 1. The summed E-state index contributed by atoms with van der Waals surface area (Å²) in [6.07, 6.45) is 8.10. The van der Waals surface area contributed by atoms with E-state index in [0.717, 1.165) is 29.9 Å². The highest BCUT2D eigenvalue weighted by Crippen LogP contribution is 2.20. The lowest BCUT2D eigenvalue weighted by atomic mass is 10.2. The van der Waals surface area contributed by atoms with Gasteiger partial charge in [-0.15, -0.1) is 0 Å². The first kappa shape index (κ1) is 16.6. The van der Waals surface area contributed by atoms with Gasteiger partial charge in [-0.05, 0) is 38.9 Å². The SMILES string of the molecule is CC(C(=O)NC1CCCC1)N(C)Cc1cc(-c2cccnc2)no1. The van der Waals surface area contributed by atoms with Gasteiger partial charge in [0.2, 0.25) is 5.91 Å². The van der Waals surface area contributed by atoms with Gasteiger partial charge >= 0.3 is 0 Å². The van der Waals surface area contributed by atoms with Crippen molar-refractivity contribution >= 4 is 5.91 Å². The molecule has 1 fully saturated rings. The Kier molecular flexibility index (Phi) is 5.25. The van der Waals surface area contributed by atoms with E-state index in [1.165, 1.54) is 12.8 Å². The van der Waals surface area contributed by atoms with Crippen LogP contribution in [-0.4, -0.2) is 40.1 Å². The Morgan fingerprint density at radius 1 is 1.46 bits per heavy atom. The van der Waals surface area contributed by atoms with Crippen molar-refractivity contribution in [3.05, 3.63) is 36.4 Å². The summed E-state index contributed by atoms with van der Waals surface area (Å²) in [4.78, 5) is 18.4. The summed E-state index contributed by atoms with van der Waals surface area (Å²) in [6.45, 7) is 2.45. The summed E-state index contributed by atoms with van der Waals surface area (Å²) in [6, 6.07) is 5.84. The molecular weight excluding hydrogens is 304 g/mol. The molecule has 6 heteroatoms. The van der Waals surface area contributed by atoms with Crippen molar-refractivity contribution in [2.24, 2.45) is 0 Å². The summed E-state index contributed by atoms with van der Waals surface area (Å²) < 4.78 is 5.40. The van der Waals surface area contributed by atoms with Crippen LogP contribution in [0.4, 0.5) is 0 Å². The third kappa shape index (κ3) is 4.00. The van der Waals surface area contributed by atoms with E-state index in [4.69, 9.17) is 4.52 Å². The van der Waals surface area contributed by atoms with Gasteiger partial charge in [-0.25, -0.2) is 0 Å². The Labute approximate surface area is 142 Å². The van der Waals surface area contributed by atoms with Gasteiger partial charge in [0, 0.05) is 30.1 Å². The van der Waals surface area contributed by atoms with Gasteiger partial charge in [0.15, 0.2) is 5.76 Å². The van der Waals surface area contributed by atoms with Crippen molar-refractivity contribution in [3.63, 3.8) is 0 Å². The molecule has 2 aromatic heterocycles. The molecule has 1 saturated carbocycles. The van der Waals surface area contributed by atoms with Crippen molar-refractivity contribution in [1.29, 1.82) is 0 Å². The third-order valence-corrected chi connectivity index (χ3v) is 4.66. The van der Waals surface area contributed by atoms with Gasteiger partial charge in [-0.1, -0.05) is 18.0 Å². The van der Waals surface area contributed by atoms with Gasteiger partial charge in [0.25, 0.3) is 0 Å². The van der Waals surface area contributed by atoms with Crippen molar-refractivity contribution in [2.75, 3.05) is 7.05 Å². The molecule has 2 aromatic rings. The molecule has 2 heterocycles. The largest absolute Gasteiger partial charge is 0.359 e. The van der Waals surface area contributed by atoms with Crippen LogP contribution in [0, 0.1) is 0 Å². The normalized spacial score (nSPS) is 16.5. The number of pyridine rings is 1. The van der Waals surface area contributed by atoms with Gasteiger partial charge in [-0.2, -0.15) is 0 Å². The Bertz CT molecular complexity index is 665. The standard InChI is InChI=1S/C18H24N4O2/c1-13(18(23)20-15-7-3-4-8-15)22(2)12-16-10-17(21-24-16)14-6-5-9-19-11-14/h5-6,9-11,13,15H,3-4,7-8,12H2,1-2H3,(H,20,23). The summed E-state index contributed by atoms with van der Waals surface area (Å²) in [7, 11) is 1.92. The summed E-state index contributed by atoms with van der Waals surface area (Å²) in [5.74, 6) is 0.813. The van der Waals surface area contributed by atoms with Crippen molar-refractivity contribution in [1.82, 2.24) is 20.4 Å². The molecule has 128 valence electrons. The Hall–Kier alpha value is -2.21. The molecule has 1 aliphatic rings. The molecule has 0 aromatic carbocycles. The monoisotopic (exact) mass is 328 g/mol. The minimum Gasteiger partial charge on any atom is -0.359 e. The lowest BCUT2D eigenvalue weighted by molar-refractivity contribution is -0.126. The number of rotatable bonds is 6. The second kappa shape index (κ2) is 7.57. The number of carbonyl (C=O) groups excluding carboxylic acids is 1. The summed E-state index contributed by atoms with van der Waals surface area (Å²) in [5, 5.41) is 7.23. The zero-order valence-corrected chi connectivity index (χ0v) is 14.2. The Morgan fingerprint density at radius 3 is 2.96 bits per heavy atom. The average molecular weight is 328 g/mol. The second-order valence-electron chi connectivity index (χ2n) is 6.50. The highest BCUT2D eigenvalue weighted by molar-refractivity contribution is 5.81. The molecule has 1 amide bonds. The van der Waals surface area contributed by atoms with E-state index in [2.05, 4.69) is 15.5 Å². The van der Waals surface area contributed by atoms with Crippen LogP contribution >= 0.6 is 0 Å². The van der Waals surface area contributed by atoms with E-state index in [1.54, 1.807) is 12.4 Å². The zero-order valence-electron chi connectivity index (χ0n) is 14.2. The predicted octanol–water partition coefficient (Wildman–Crippen LogP) is 2.62. The van der Waals surface area contributed by atoms with Crippen LogP contribution < -0.4 is 5.32 Å². The molecule has 0 saturated heterocycles. The van der Waals surface area contributed by atoms with E-state index in [-0.39, 0.29) is 11.9 Å². The van der Waals surface area contributed by atoms with Crippen LogP contribution in [0.2, 0.25) is 0 Å². The van der Waals surface area contributed by atoms with E-state index in [1.807, 2.05) is 37.1 Å². The molecule has 6 nitrogen and oxygen atoms in total. The lowest BCUT2D eigenvalue weighted by Gasteiger charge is -2.24. The predicted molar refractivity (Wildman–Crippen MR) is 91.1 cm³/mol. The average Bonchev–Trinajstić information content (AvgIpc) is 3.27. The maximum atomic E-state index is 12.4. The maximum absolute atomic E-state index is 12.4. The number of likely N-dealkylation sites (N-methyl/N-ethyl adjacent to an activating group) is 1. The van der Waals surface area contributed by atoms with Crippen molar-refractivity contribution in [2.45, 2.75) is 51.2 Å². The summed E-state index contributed by atoms with van der Waals surface area (Å²) >= 11 is 0. The fraction of sp³-hybridized carbons (Fsp3) is 0.500. The minimum absolute atomic E-state index is 0.0800. The first-order chi connectivity index (χ1) is 11.6. The number of hydrogen-bond donors (Lipinski definition) is 1. The number of amides is 1. The third-order valence-electron chi connectivity index (χ3n) is 4.66. The molecule has 0 aliphatic heterocycles. The summed E-state index contributed by atoms with van der Waals surface area (Å²) in [5.41, 5.74) is 1.68. The fourth-order valence-corrected chi connectivity index (χ4v) is 3.01. The highest BCUT2D eigenvalue weighted by Gasteiger charge is 2.23. The number of carbonyl (C=O) groups is 1. The molecule has 1 N–H and O–H groups in total. The topological polar surface area (TPSA) is 71.3 Å². The zero-order chi connectivity index (χ0) is 16.9. The smallest absolute Gasteiger partial charge is 0.237 e. The van der Waals surface area contributed by atoms with Gasteiger partial charge < -0.3 is 9.84 Å². The molecule has 1 unspecified atom stereocenters. The fourth-order valence-electron chi connectivity index (χ4n) is 3.01. The van der Waals surface area contributed by atoms with Crippen LogP contribution in [0.3, 0.4) is 0 Å². The Balaban J connectivity index is 1.57. The van der Waals surface area contributed by atoms with Gasteiger partial charge in [0.05, 0.1) is 12.6 Å². The van der Waals surface area contributed by atoms with Crippen LogP contribution in [-0.2, 0) is 11.3 Å². The van der Waals surface area contributed by atoms with E-state index in [0.29, 0.717) is 12.6 Å². The molecule has 0 bridgehead atoms. The minimum atomic E-state index is -0.211. The molecule has 3 rings (SSSR count). The Morgan fingerprint density at radius 2 is 2.25 bits per heavy atom. The number of hydrogen-bond acceptors (Lipinski definition) is 5. The van der Waals surface area contributed by atoms with Crippen LogP contribution in [0.15, 0.2) is 35.1 Å². The van der Waals surface area contributed by atoms with E-state index in [9.17, 15) is 4.79 Å². The highest BCUT2D eigenvalue weighted by atomic mass is 16.5. The number of nitrogens with zero attached hydrogens (tertiary/aromatic N) is 3. The second-order valence-corrected chi connectivity index (χ2v) is 6.50. The molecule has 0 radical (unpaired) electrons. The first-order valence-electron chi connectivity index (χ1n) is 8.50. The van der Waals surface area contributed by atoms with E-state index >= 15 is 0 Å². The van der Waals surface area contributed by atoms with Crippen LogP contribution in [0.1, 0.15) is 38.4 Å². The molecule has 0 spiro atoms. The van der Waals surface area contributed by atoms with E-state index < -0.39 is 0 Å². The van der Waals surface area contributed by atoms with Crippen molar-refractivity contribution in [3.8, 4) is 11.3 Å². The first-order valence-corrected chi connectivity index (χ1v) is 8.50. The maximum Gasteiger partial charge on any atom is 0.237 e. The van der Waals surface area contributed by atoms with Crippen LogP contribution in [0.5, 0.6) is 0 Å². The van der Waals surface area contributed by atoms with Crippen molar-refractivity contribution < 1.29 is 9.32 Å². The van der Waals surface area contributed by atoms with Crippen LogP contribution in [0.25, 0.3) is 11.3 Å². The quantitative estimate of drug-likeness (QED) is 0.882. The molecule has 24 heavy (non-hydrogen) atoms. The molecular formula is C18H24N4O2. The molecule has 1 atom stereocenters. The number of aromatic nitrogens is 2. The molecule has 1 aliphatic carbocycles. The lowest BCUT2D eigenvalue weighted by Crippen LogP contribution is -2.46.